The van der Waals surface area contributed by atoms with E-state index in [4.69, 9.17) is 4.74 Å². The van der Waals surface area contributed by atoms with Crippen LogP contribution in [-0.4, -0.2) is 38.5 Å². The molecule has 0 unspecified atom stereocenters. The van der Waals surface area contributed by atoms with Crippen molar-refractivity contribution in [3.8, 4) is 0 Å². The van der Waals surface area contributed by atoms with Gasteiger partial charge in [-0.05, 0) is 19.8 Å². The summed E-state index contributed by atoms with van der Waals surface area (Å²) in [5.41, 5.74) is 0. The zero-order chi connectivity index (χ0) is 12.2. The smallest absolute Gasteiger partial charge is 0.407 e. The number of alkyl carbamates (subject to hydrolysis) is 2. The van der Waals surface area contributed by atoms with Crippen molar-refractivity contribution >= 4 is 12.2 Å². The number of ether oxygens (including phenoxy) is 2. The molecule has 0 aromatic rings. The zero-order valence-electron chi connectivity index (χ0n) is 9.88. The summed E-state index contributed by atoms with van der Waals surface area (Å²) in [7, 11) is 0. The number of hydrogen-bond acceptors (Lipinski definition) is 4. The van der Waals surface area contributed by atoms with Gasteiger partial charge in [0.05, 0.1) is 13.2 Å². The third-order valence-corrected chi connectivity index (χ3v) is 1.62. The maximum atomic E-state index is 11.0. The lowest BCUT2D eigenvalue weighted by Crippen LogP contribution is -2.28. The summed E-state index contributed by atoms with van der Waals surface area (Å²) < 4.78 is 9.50. The molecule has 0 aliphatic rings. The van der Waals surface area contributed by atoms with Crippen LogP contribution < -0.4 is 10.6 Å². The highest BCUT2D eigenvalue weighted by Gasteiger charge is 2.01. The summed E-state index contributed by atoms with van der Waals surface area (Å²) >= 11 is 0. The first-order chi connectivity index (χ1) is 7.70. The highest BCUT2D eigenvalue weighted by atomic mass is 16.6. The summed E-state index contributed by atoms with van der Waals surface area (Å²) in [6.07, 6.45) is 0.577. The van der Waals surface area contributed by atoms with Crippen LogP contribution in [0.1, 0.15) is 26.7 Å². The molecule has 16 heavy (non-hydrogen) atoms. The van der Waals surface area contributed by atoms with Crippen LogP contribution in [0.2, 0.25) is 0 Å². The quantitative estimate of drug-likeness (QED) is 0.648. The lowest BCUT2D eigenvalue weighted by Gasteiger charge is -2.07. The molecular formula is C10H20N2O4. The normalized spacial score (nSPS) is 9.38. The fourth-order valence-corrected chi connectivity index (χ4v) is 0.888. The lowest BCUT2D eigenvalue weighted by atomic mass is 10.4. The zero-order valence-corrected chi connectivity index (χ0v) is 9.88. The number of nitrogens with one attached hydrogen (secondary N) is 2. The van der Waals surface area contributed by atoms with E-state index >= 15 is 0 Å². The van der Waals surface area contributed by atoms with E-state index in [0.29, 0.717) is 26.1 Å². The van der Waals surface area contributed by atoms with Gasteiger partial charge in [0, 0.05) is 13.1 Å². The molecule has 0 aliphatic carbocycles. The molecule has 0 aromatic heterocycles. The molecule has 0 aromatic carbocycles. The number of carbonyl (C=O) groups excluding carboxylic acids is 2. The number of amides is 2. The van der Waals surface area contributed by atoms with Crippen molar-refractivity contribution in [1.29, 1.82) is 0 Å². The molecule has 0 fully saturated rings. The second kappa shape index (κ2) is 10.1. The van der Waals surface area contributed by atoms with E-state index in [1.54, 1.807) is 6.92 Å². The maximum absolute atomic E-state index is 11.0. The Morgan fingerprint density at radius 1 is 1.00 bits per heavy atom. The number of hydrogen-bond donors (Lipinski definition) is 2. The van der Waals surface area contributed by atoms with Crippen LogP contribution in [0.4, 0.5) is 9.59 Å². The summed E-state index contributed by atoms with van der Waals surface area (Å²) in [4.78, 5) is 21.8. The molecule has 0 saturated carbocycles. The molecule has 2 N–H and O–H groups in total. The summed E-state index contributed by atoms with van der Waals surface area (Å²) in [6, 6.07) is 0. The van der Waals surface area contributed by atoms with Gasteiger partial charge in [-0.2, -0.15) is 0 Å². The summed E-state index contributed by atoms with van der Waals surface area (Å²) in [5.74, 6) is 0. The van der Waals surface area contributed by atoms with Gasteiger partial charge in [0.15, 0.2) is 0 Å². The predicted octanol–water partition coefficient (Wildman–Crippen LogP) is 1.26. The minimum atomic E-state index is -0.446. The average molecular weight is 232 g/mol. The maximum Gasteiger partial charge on any atom is 0.407 e. The fourth-order valence-electron chi connectivity index (χ4n) is 0.888. The summed E-state index contributed by atoms with van der Waals surface area (Å²) in [6.45, 7) is 5.37. The molecule has 6 nitrogen and oxygen atoms in total. The van der Waals surface area contributed by atoms with Crippen LogP contribution in [0.25, 0.3) is 0 Å². The van der Waals surface area contributed by atoms with Gasteiger partial charge in [0.2, 0.25) is 0 Å². The van der Waals surface area contributed by atoms with E-state index in [1.807, 2.05) is 6.92 Å². The van der Waals surface area contributed by atoms with Gasteiger partial charge < -0.3 is 20.1 Å². The van der Waals surface area contributed by atoms with Gasteiger partial charge >= 0.3 is 12.2 Å². The Morgan fingerprint density at radius 3 is 2.25 bits per heavy atom. The minimum Gasteiger partial charge on any atom is -0.450 e. The lowest BCUT2D eigenvalue weighted by molar-refractivity contribution is 0.141. The highest BCUT2D eigenvalue weighted by Crippen LogP contribution is 1.84. The SMILES string of the molecule is CCCNC(=O)OCCCNC(=O)OCC. The van der Waals surface area contributed by atoms with Crippen molar-refractivity contribution in [3.05, 3.63) is 0 Å². The highest BCUT2D eigenvalue weighted by molar-refractivity contribution is 5.67. The molecule has 0 bridgehead atoms. The molecule has 94 valence electrons. The molecule has 0 atom stereocenters. The van der Waals surface area contributed by atoms with Gasteiger partial charge in [0.1, 0.15) is 0 Å². The Morgan fingerprint density at radius 2 is 1.62 bits per heavy atom. The van der Waals surface area contributed by atoms with E-state index in [9.17, 15) is 9.59 Å². The second-order valence-electron chi connectivity index (χ2n) is 3.06. The number of carbonyl (C=O) groups is 2. The standard InChI is InChI=1S/C10H20N2O4/c1-3-6-11-10(14)16-8-5-7-12-9(13)15-4-2/h3-8H2,1-2H3,(H,11,14)(H,12,13). The van der Waals surface area contributed by atoms with Gasteiger partial charge in [-0.15, -0.1) is 0 Å². The van der Waals surface area contributed by atoms with E-state index in [-0.39, 0.29) is 6.61 Å². The van der Waals surface area contributed by atoms with Crippen LogP contribution in [0.15, 0.2) is 0 Å². The largest absolute Gasteiger partial charge is 0.450 e. The van der Waals surface area contributed by atoms with Crippen molar-refractivity contribution in [2.45, 2.75) is 26.7 Å². The molecule has 0 heterocycles. The molecule has 2 amide bonds. The third-order valence-electron chi connectivity index (χ3n) is 1.62. The molecule has 0 rings (SSSR count). The molecule has 0 spiro atoms. The Kier molecular flexibility index (Phi) is 9.15. The van der Waals surface area contributed by atoms with Crippen LogP contribution in [-0.2, 0) is 9.47 Å². The monoisotopic (exact) mass is 232 g/mol. The van der Waals surface area contributed by atoms with Crippen LogP contribution in [0, 0.1) is 0 Å². The van der Waals surface area contributed by atoms with E-state index in [2.05, 4.69) is 15.4 Å². The minimum absolute atomic E-state index is 0.280. The van der Waals surface area contributed by atoms with Gasteiger partial charge in [-0.1, -0.05) is 6.92 Å². The molecule has 6 heteroatoms. The first-order valence-corrected chi connectivity index (χ1v) is 5.52. The molecule has 0 radical (unpaired) electrons. The van der Waals surface area contributed by atoms with Gasteiger partial charge in [-0.3, -0.25) is 0 Å². The van der Waals surface area contributed by atoms with E-state index in [0.717, 1.165) is 6.42 Å². The van der Waals surface area contributed by atoms with E-state index in [1.165, 1.54) is 0 Å². The van der Waals surface area contributed by atoms with Crippen LogP contribution >= 0.6 is 0 Å². The number of rotatable bonds is 7. The Bertz CT molecular complexity index is 209. The fraction of sp³-hybridized carbons (Fsp3) is 0.800. The Hall–Kier alpha value is -1.46. The van der Waals surface area contributed by atoms with Crippen molar-refractivity contribution < 1.29 is 19.1 Å². The predicted molar refractivity (Wildman–Crippen MR) is 59.3 cm³/mol. The van der Waals surface area contributed by atoms with Crippen molar-refractivity contribution in [3.63, 3.8) is 0 Å². The molecule has 0 saturated heterocycles. The average Bonchev–Trinajstić information content (AvgIpc) is 2.26. The first-order valence-electron chi connectivity index (χ1n) is 5.52. The topological polar surface area (TPSA) is 76.7 Å². The van der Waals surface area contributed by atoms with Crippen LogP contribution in [0.3, 0.4) is 0 Å². The molecule has 0 aliphatic heterocycles. The van der Waals surface area contributed by atoms with Crippen molar-refractivity contribution in [2.75, 3.05) is 26.3 Å². The van der Waals surface area contributed by atoms with Crippen molar-refractivity contribution in [2.24, 2.45) is 0 Å². The van der Waals surface area contributed by atoms with E-state index < -0.39 is 12.2 Å². The van der Waals surface area contributed by atoms with Gasteiger partial charge in [0.25, 0.3) is 0 Å². The second-order valence-corrected chi connectivity index (χ2v) is 3.06. The Labute approximate surface area is 95.7 Å². The van der Waals surface area contributed by atoms with Crippen LogP contribution in [0.5, 0.6) is 0 Å². The Balaban J connectivity index is 3.26. The van der Waals surface area contributed by atoms with Gasteiger partial charge in [-0.25, -0.2) is 9.59 Å². The van der Waals surface area contributed by atoms with Crippen molar-refractivity contribution in [1.82, 2.24) is 10.6 Å². The first kappa shape index (κ1) is 14.5. The third kappa shape index (κ3) is 9.11. The summed E-state index contributed by atoms with van der Waals surface area (Å²) in [5, 5.41) is 5.11. The molecular weight excluding hydrogens is 212 g/mol.